The van der Waals surface area contributed by atoms with Crippen LogP contribution in [0.5, 0.6) is 0 Å². The molecular formula is C17H30N4. The molecule has 1 aromatic heterocycles. The van der Waals surface area contributed by atoms with E-state index in [1.165, 1.54) is 0 Å². The van der Waals surface area contributed by atoms with Crippen LogP contribution in [0.2, 0.25) is 0 Å². The molecule has 0 atom stereocenters. The van der Waals surface area contributed by atoms with Crippen LogP contribution in [-0.2, 0) is 6.54 Å². The molecule has 21 heavy (non-hydrogen) atoms. The number of piperazine rings is 1. The third-order valence-corrected chi connectivity index (χ3v) is 4.02. The summed E-state index contributed by atoms with van der Waals surface area (Å²) >= 11 is 0. The number of nitrogens with one attached hydrogen (secondary N) is 1. The van der Waals surface area contributed by atoms with Gasteiger partial charge in [0.1, 0.15) is 5.82 Å². The van der Waals surface area contributed by atoms with Gasteiger partial charge in [-0.1, -0.05) is 19.9 Å². The van der Waals surface area contributed by atoms with Crippen LogP contribution in [-0.4, -0.2) is 48.6 Å². The molecule has 2 rings (SSSR count). The van der Waals surface area contributed by atoms with Crippen molar-refractivity contribution >= 4 is 5.82 Å². The van der Waals surface area contributed by atoms with Crippen molar-refractivity contribution in [2.75, 3.05) is 37.6 Å². The zero-order valence-corrected chi connectivity index (χ0v) is 14.0. The lowest BCUT2D eigenvalue weighted by atomic mass is 10.2. The smallest absolute Gasteiger partial charge is 0.128 e. The highest BCUT2D eigenvalue weighted by Crippen LogP contribution is 2.15. The molecule has 1 fully saturated rings. The molecule has 1 aliphatic heterocycles. The normalized spacial score (nSPS) is 17.0. The fraction of sp³-hybridized carbons (Fsp3) is 0.706. The van der Waals surface area contributed by atoms with E-state index >= 15 is 0 Å². The quantitative estimate of drug-likeness (QED) is 0.871. The average molecular weight is 290 g/mol. The minimum absolute atomic E-state index is 0.645. The second-order valence-corrected chi connectivity index (χ2v) is 6.63. The van der Waals surface area contributed by atoms with Crippen LogP contribution in [0.25, 0.3) is 0 Å². The Balaban J connectivity index is 1.89. The first-order valence-electron chi connectivity index (χ1n) is 8.22. The predicted molar refractivity (Wildman–Crippen MR) is 89.7 cm³/mol. The maximum atomic E-state index is 4.81. The molecule has 1 N–H and O–H groups in total. The third-order valence-electron chi connectivity index (χ3n) is 4.02. The lowest BCUT2D eigenvalue weighted by Gasteiger charge is -2.37. The van der Waals surface area contributed by atoms with E-state index in [1.807, 2.05) is 0 Å². The lowest BCUT2D eigenvalue weighted by Crippen LogP contribution is -2.49. The van der Waals surface area contributed by atoms with E-state index in [9.17, 15) is 0 Å². The summed E-state index contributed by atoms with van der Waals surface area (Å²) < 4.78 is 0. The van der Waals surface area contributed by atoms with Gasteiger partial charge in [0.2, 0.25) is 0 Å². The van der Waals surface area contributed by atoms with E-state index in [-0.39, 0.29) is 0 Å². The van der Waals surface area contributed by atoms with Crippen LogP contribution in [0.4, 0.5) is 5.82 Å². The number of rotatable bonds is 6. The topological polar surface area (TPSA) is 31.4 Å². The van der Waals surface area contributed by atoms with Crippen LogP contribution >= 0.6 is 0 Å². The van der Waals surface area contributed by atoms with E-state index in [2.05, 4.69) is 61.0 Å². The van der Waals surface area contributed by atoms with Crippen molar-refractivity contribution in [3.8, 4) is 0 Å². The van der Waals surface area contributed by atoms with Gasteiger partial charge in [0.25, 0.3) is 0 Å². The molecule has 118 valence electrons. The van der Waals surface area contributed by atoms with Crippen molar-refractivity contribution in [1.29, 1.82) is 0 Å². The zero-order chi connectivity index (χ0) is 15.2. The number of hydrogen-bond acceptors (Lipinski definition) is 4. The monoisotopic (exact) mass is 290 g/mol. The fourth-order valence-corrected chi connectivity index (χ4v) is 2.70. The van der Waals surface area contributed by atoms with Gasteiger partial charge in [0, 0.05) is 38.8 Å². The van der Waals surface area contributed by atoms with Crippen molar-refractivity contribution in [2.45, 2.75) is 40.3 Å². The molecule has 0 radical (unpaired) electrons. The van der Waals surface area contributed by atoms with Gasteiger partial charge in [-0.2, -0.15) is 0 Å². The largest absolute Gasteiger partial charge is 0.354 e. The summed E-state index contributed by atoms with van der Waals surface area (Å²) in [5.74, 6) is 1.81. The summed E-state index contributed by atoms with van der Waals surface area (Å²) in [6.07, 6.45) is 0. The number of nitrogens with zero attached hydrogens (tertiary/aromatic N) is 3. The Morgan fingerprint density at radius 3 is 2.43 bits per heavy atom. The molecule has 1 saturated heterocycles. The van der Waals surface area contributed by atoms with Gasteiger partial charge in [0.05, 0.1) is 5.69 Å². The summed E-state index contributed by atoms with van der Waals surface area (Å²) in [5, 5.41) is 3.46. The third kappa shape index (κ3) is 4.97. The van der Waals surface area contributed by atoms with Gasteiger partial charge < -0.3 is 10.2 Å². The van der Waals surface area contributed by atoms with Gasteiger partial charge in [0.15, 0.2) is 0 Å². The van der Waals surface area contributed by atoms with Crippen molar-refractivity contribution in [3.63, 3.8) is 0 Å². The first-order chi connectivity index (χ1) is 10.1. The number of pyridine rings is 1. The maximum Gasteiger partial charge on any atom is 0.128 e. The van der Waals surface area contributed by atoms with E-state index in [0.29, 0.717) is 12.0 Å². The molecule has 0 aliphatic carbocycles. The molecule has 4 heteroatoms. The van der Waals surface area contributed by atoms with E-state index < -0.39 is 0 Å². The molecule has 0 spiro atoms. The summed E-state index contributed by atoms with van der Waals surface area (Å²) in [6.45, 7) is 15.3. The summed E-state index contributed by atoms with van der Waals surface area (Å²) in [5.41, 5.74) is 1.14. The van der Waals surface area contributed by atoms with Crippen molar-refractivity contribution in [3.05, 3.63) is 23.9 Å². The van der Waals surface area contributed by atoms with Gasteiger partial charge >= 0.3 is 0 Å². The van der Waals surface area contributed by atoms with Crippen LogP contribution in [0.1, 0.15) is 33.4 Å². The van der Waals surface area contributed by atoms with Gasteiger partial charge in [-0.15, -0.1) is 0 Å². The Morgan fingerprint density at radius 2 is 1.81 bits per heavy atom. The Hall–Kier alpha value is -1.13. The predicted octanol–water partition coefficient (Wildman–Crippen LogP) is 2.36. The van der Waals surface area contributed by atoms with E-state index in [0.717, 1.165) is 50.8 Å². The molecule has 4 nitrogen and oxygen atoms in total. The molecular weight excluding hydrogens is 260 g/mol. The Kier molecular flexibility index (Phi) is 6.00. The summed E-state index contributed by atoms with van der Waals surface area (Å²) in [6, 6.07) is 7.02. The summed E-state index contributed by atoms with van der Waals surface area (Å²) in [7, 11) is 0. The van der Waals surface area contributed by atoms with Crippen molar-refractivity contribution in [1.82, 2.24) is 15.2 Å². The zero-order valence-electron chi connectivity index (χ0n) is 14.0. The minimum Gasteiger partial charge on any atom is -0.354 e. The van der Waals surface area contributed by atoms with Crippen LogP contribution < -0.4 is 10.2 Å². The molecule has 2 heterocycles. The van der Waals surface area contributed by atoms with Crippen molar-refractivity contribution < 1.29 is 0 Å². The molecule has 0 aromatic carbocycles. The SMILES string of the molecule is CC(C)CNCc1cccc(N2CCN(C(C)C)CC2)n1. The molecule has 1 aromatic rings. The Labute approximate surface area is 129 Å². The summed E-state index contributed by atoms with van der Waals surface area (Å²) in [4.78, 5) is 9.75. The van der Waals surface area contributed by atoms with Crippen LogP contribution in [0, 0.1) is 5.92 Å². The Morgan fingerprint density at radius 1 is 1.10 bits per heavy atom. The van der Waals surface area contributed by atoms with E-state index in [1.54, 1.807) is 0 Å². The first-order valence-corrected chi connectivity index (χ1v) is 8.22. The number of aromatic nitrogens is 1. The van der Waals surface area contributed by atoms with Gasteiger partial charge in [-0.3, -0.25) is 4.90 Å². The lowest BCUT2D eigenvalue weighted by molar-refractivity contribution is 0.209. The second-order valence-electron chi connectivity index (χ2n) is 6.63. The molecule has 0 saturated carbocycles. The van der Waals surface area contributed by atoms with Crippen LogP contribution in [0.15, 0.2) is 18.2 Å². The molecule has 0 amide bonds. The molecule has 0 unspecified atom stereocenters. The van der Waals surface area contributed by atoms with Gasteiger partial charge in [-0.05, 0) is 38.4 Å². The molecule has 1 aliphatic rings. The second kappa shape index (κ2) is 7.76. The average Bonchev–Trinajstić information content (AvgIpc) is 2.47. The number of anilines is 1. The molecule has 0 bridgehead atoms. The number of hydrogen-bond donors (Lipinski definition) is 1. The standard InChI is InChI=1S/C17H30N4/c1-14(2)12-18-13-16-6-5-7-17(19-16)21-10-8-20(9-11-21)15(3)4/h5-7,14-15,18H,8-13H2,1-4H3. The Bertz CT molecular complexity index is 423. The fourth-order valence-electron chi connectivity index (χ4n) is 2.70. The van der Waals surface area contributed by atoms with E-state index in [4.69, 9.17) is 4.98 Å². The highest BCUT2D eigenvalue weighted by Gasteiger charge is 2.19. The minimum atomic E-state index is 0.645. The highest BCUT2D eigenvalue weighted by atomic mass is 15.3. The van der Waals surface area contributed by atoms with Gasteiger partial charge in [-0.25, -0.2) is 4.98 Å². The van der Waals surface area contributed by atoms with Crippen LogP contribution in [0.3, 0.4) is 0 Å². The highest BCUT2D eigenvalue weighted by molar-refractivity contribution is 5.39. The first kappa shape index (κ1) is 16.2. The maximum absolute atomic E-state index is 4.81. The van der Waals surface area contributed by atoms with Crippen molar-refractivity contribution in [2.24, 2.45) is 5.92 Å².